The molecule has 446 valence electrons. The third-order valence-electron chi connectivity index (χ3n) is 16.0. The van der Waals surface area contributed by atoms with Crippen molar-refractivity contribution in [2.24, 2.45) is 5.41 Å². The Balaban J connectivity index is 0.805. The summed E-state index contributed by atoms with van der Waals surface area (Å²) in [6, 6.07) is 13.0. The predicted molar refractivity (Wildman–Crippen MR) is 320 cm³/mol. The predicted octanol–water partition coefficient (Wildman–Crippen LogP) is 6.79. The lowest BCUT2D eigenvalue weighted by Gasteiger charge is -2.40. The monoisotopic (exact) mass is 1170 g/mol. The fourth-order valence-electron chi connectivity index (χ4n) is 11.4. The zero-order valence-electron chi connectivity index (χ0n) is 49.2. The number of nitrogens with zero attached hydrogens (tertiary/aromatic N) is 10. The summed E-state index contributed by atoms with van der Waals surface area (Å²) in [6.07, 6.45) is 2.85. The van der Waals surface area contributed by atoms with Crippen LogP contribution in [0.3, 0.4) is 0 Å². The summed E-state index contributed by atoms with van der Waals surface area (Å²) in [5, 5.41) is 16.8. The molecule has 0 unspecified atom stereocenters. The average Bonchev–Trinajstić information content (AvgIpc) is 1.97. The van der Waals surface area contributed by atoms with E-state index in [0.29, 0.717) is 69.2 Å². The molecule has 84 heavy (non-hydrogen) atoms. The van der Waals surface area contributed by atoms with Gasteiger partial charge in [-0.1, -0.05) is 71.5 Å². The second kappa shape index (κ2) is 26.2. The molecule has 3 aliphatic heterocycles. The van der Waals surface area contributed by atoms with Crippen LogP contribution in [0.1, 0.15) is 89.2 Å². The van der Waals surface area contributed by atoms with E-state index in [0.717, 1.165) is 34.8 Å². The number of hydrogen-bond donors (Lipinski definition) is 3. The fraction of sp³-hybridized carbons (Fsp3) is 0.468. The number of rotatable bonds is 19. The van der Waals surface area contributed by atoms with Gasteiger partial charge in [-0.25, -0.2) is 28.1 Å². The molecule has 19 nitrogen and oxygen atoms in total. The highest BCUT2D eigenvalue weighted by atomic mass is 32.1. The molecular weight excluding hydrogens is 1090 g/mol. The molecule has 3 N–H and O–H groups in total. The number of β-amino-alcohol motifs (C(OH)–C–C–N with tert-alkyl or cyclic N) is 1. The van der Waals surface area contributed by atoms with Gasteiger partial charge in [-0.05, 0) is 92.1 Å². The molecule has 3 saturated heterocycles. The number of fused-ring (bicyclic) bond motifs is 1. The van der Waals surface area contributed by atoms with E-state index in [1.807, 2.05) is 90.1 Å². The van der Waals surface area contributed by atoms with Gasteiger partial charge in [0.05, 0.1) is 44.5 Å². The molecule has 9 rings (SSSR count). The first-order valence-electron chi connectivity index (χ1n) is 28.8. The van der Waals surface area contributed by atoms with Gasteiger partial charge in [0.15, 0.2) is 11.5 Å². The van der Waals surface area contributed by atoms with Crippen molar-refractivity contribution in [1.82, 2.24) is 54.7 Å². The summed E-state index contributed by atoms with van der Waals surface area (Å²) in [6.45, 7) is 24.1. The number of hydrogen-bond acceptors (Lipinski definition) is 15. The van der Waals surface area contributed by atoms with E-state index >= 15 is 8.78 Å². The molecule has 7 heterocycles. The zero-order chi connectivity index (χ0) is 60.1. The molecule has 22 heteroatoms. The van der Waals surface area contributed by atoms with Crippen molar-refractivity contribution in [3.8, 4) is 33.1 Å². The highest BCUT2D eigenvalue weighted by Gasteiger charge is 2.44. The van der Waals surface area contributed by atoms with E-state index < -0.39 is 46.8 Å². The molecular formula is C62H76F2N12O7S. The molecule has 0 bridgehead atoms. The van der Waals surface area contributed by atoms with Crippen LogP contribution >= 0.6 is 11.3 Å². The maximum absolute atomic E-state index is 16.9. The van der Waals surface area contributed by atoms with Gasteiger partial charge in [-0.15, -0.1) is 11.3 Å². The van der Waals surface area contributed by atoms with Crippen LogP contribution in [0.25, 0.3) is 38.4 Å². The highest BCUT2D eigenvalue weighted by Crippen LogP contribution is 2.38. The maximum atomic E-state index is 16.9. The number of amides is 4. The van der Waals surface area contributed by atoms with E-state index in [2.05, 4.69) is 42.0 Å². The number of aromatic nitrogens is 5. The topological polar surface area (TPSA) is 212 Å². The van der Waals surface area contributed by atoms with Gasteiger partial charge in [0.25, 0.3) is 0 Å². The lowest BCUT2D eigenvalue weighted by atomic mass is 9.85. The van der Waals surface area contributed by atoms with Crippen LogP contribution in [0.5, 0.6) is 5.75 Å². The number of likely N-dealkylation sites (tertiary alicyclic amines) is 1. The summed E-state index contributed by atoms with van der Waals surface area (Å²) in [5.74, 6) is -2.77. The lowest BCUT2D eigenvalue weighted by Crippen LogP contribution is -2.57. The van der Waals surface area contributed by atoms with E-state index in [9.17, 15) is 29.1 Å². The van der Waals surface area contributed by atoms with Crippen molar-refractivity contribution in [1.29, 1.82) is 0 Å². The van der Waals surface area contributed by atoms with Gasteiger partial charge in [0.1, 0.15) is 41.8 Å². The summed E-state index contributed by atoms with van der Waals surface area (Å²) in [5.41, 5.74) is 4.58. The smallest absolute Gasteiger partial charge is 0.355 e. The number of aliphatic hydroxyl groups excluding tert-OH is 1. The van der Waals surface area contributed by atoms with Gasteiger partial charge in [-0.3, -0.25) is 29.1 Å². The van der Waals surface area contributed by atoms with Crippen LogP contribution < -0.4 is 26.0 Å². The van der Waals surface area contributed by atoms with Crippen molar-refractivity contribution in [3.63, 3.8) is 0 Å². The van der Waals surface area contributed by atoms with Crippen molar-refractivity contribution in [2.45, 2.75) is 111 Å². The molecule has 4 amide bonds. The lowest BCUT2D eigenvalue weighted by molar-refractivity contribution is -0.144. The number of halogens is 2. The van der Waals surface area contributed by atoms with Crippen molar-refractivity contribution < 1.29 is 37.8 Å². The Labute approximate surface area is 492 Å². The number of thiazole rings is 1. The first-order chi connectivity index (χ1) is 40.1. The molecule has 2 aromatic carbocycles. The van der Waals surface area contributed by atoms with Gasteiger partial charge in [0, 0.05) is 90.5 Å². The van der Waals surface area contributed by atoms with E-state index in [1.54, 1.807) is 34.6 Å². The molecule has 0 radical (unpaired) electrons. The van der Waals surface area contributed by atoms with E-state index in [1.165, 1.54) is 33.7 Å². The molecule has 6 aromatic rings. The Hall–Kier alpha value is -7.53. The Bertz CT molecular complexity index is 3470. The second-order valence-corrected chi connectivity index (χ2v) is 24.3. The largest absolute Gasteiger partial charge is 0.491 e. The molecule has 0 saturated carbocycles. The van der Waals surface area contributed by atoms with Crippen molar-refractivity contribution >= 4 is 51.8 Å². The number of ether oxygens (including phenoxy) is 1. The first kappa shape index (κ1) is 61.0. The summed E-state index contributed by atoms with van der Waals surface area (Å²) in [4.78, 5) is 97.2. The molecule has 0 aliphatic carbocycles. The van der Waals surface area contributed by atoms with Gasteiger partial charge < -0.3 is 40.1 Å². The van der Waals surface area contributed by atoms with Crippen molar-refractivity contribution in [3.05, 3.63) is 124 Å². The number of nitrogens with one attached hydrogen (secondary N) is 2. The fourth-order valence-corrected chi connectivity index (χ4v) is 12.3. The normalized spacial score (nSPS) is 18.3. The van der Waals surface area contributed by atoms with Gasteiger partial charge in [-0.2, -0.15) is 4.98 Å². The summed E-state index contributed by atoms with van der Waals surface area (Å²) < 4.78 is 40.8. The minimum atomic E-state index is -0.936. The third kappa shape index (κ3) is 13.5. The number of benzene rings is 2. The van der Waals surface area contributed by atoms with Crippen molar-refractivity contribution in [2.75, 3.05) is 77.0 Å². The molecule has 4 atom stereocenters. The zero-order valence-corrected chi connectivity index (χ0v) is 50.0. The Morgan fingerprint density at radius 2 is 1.65 bits per heavy atom. The Kier molecular flexibility index (Phi) is 19.0. The first-order valence-corrected chi connectivity index (χ1v) is 29.7. The van der Waals surface area contributed by atoms with E-state index in [-0.39, 0.29) is 96.1 Å². The third-order valence-corrected chi connectivity index (χ3v) is 17.0. The molecule has 3 aliphatic rings. The average molecular weight is 1170 g/mol. The van der Waals surface area contributed by atoms with E-state index in [4.69, 9.17) is 9.72 Å². The minimum Gasteiger partial charge on any atom is -0.491 e. The SMILES string of the molecule is C=CC(=O)N1CCN(c2nc(=O)n(-c3c(C)ccnc3C(C)C)c3nc(-c4c(F)cccc4OCCN4CCN(CCCC(=O)N[C@H](C(=O)N5C[C@H](O)C[C@H]5C(=O)NCc5ccc(-c6scnc6C)cc5)C(C)(C)C)CC4)c(F)cc23)[C@@H](C)C1. The van der Waals surface area contributed by atoms with Crippen LogP contribution in [-0.2, 0) is 25.7 Å². The van der Waals surface area contributed by atoms with Crippen LogP contribution in [-0.4, -0.2) is 169 Å². The number of pyridine rings is 2. The van der Waals surface area contributed by atoms with Crippen LogP contribution in [0, 0.1) is 30.9 Å². The van der Waals surface area contributed by atoms with Gasteiger partial charge in [0.2, 0.25) is 23.6 Å². The Morgan fingerprint density at radius 1 is 0.929 bits per heavy atom. The van der Waals surface area contributed by atoms with Crippen LogP contribution in [0.4, 0.5) is 14.6 Å². The quantitative estimate of drug-likeness (QED) is 0.0713. The Morgan fingerprint density at radius 3 is 2.32 bits per heavy atom. The van der Waals surface area contributed by atoms with Crippen LogP contribution in [0.2, 0.25) is 0 Å². The molecule has 0 spiro atoms. The minimum absolute atomic E-state index is 0.0190. The number of aryl methyl sites for hydroxylation is 2. The standard InChI is InChI=1S/C62H76F2N12O7S/c1-10-50(79)73-27-28-74(39(5)34-73)57-44-32-46(64)53(69-58(44)76(61(82)70-57)54-38(4)20-21-65-52(54)37(2)3)51-45(63)13-11-14-48(51)83-30-29-72-25-23-71(24-26-72)22-12-15-49(78)68-56(62(7,8)9)60(81)75-35-43(77)31-47(75)59(80)66-33-41-16-18-42(19-17-41)55-40(6)67-36-84-55/h10-11,13-14,16-21,32,36-37,39,43,47,56,77H,1,12,15,22-31,33-35H2,2-9H3,(H,66,80)(H,68,78)/t39-,43+,47-,56+/m0/s1. The number of carbonyl (C=O) groups is 4. The van der Waals surface area contributed by atoms with Gasteiger partial charge >= 0.3 is 5.69 Å². The second-order valence-electron chi connectivity index (χ2n) is 23.5. The summed E-state index contributed by atoms with van der Waals surface area (Å²) >= 11 is 1.57. The number of carbonyl (C=O) groups excluding carboxylic acids is 4. The number of anilines is 1. The van der Waals surface area contributed by atoms with Crippen LogP contribution in [0.15, 0.2) is 83.8 Å². The number of piperazine rings is 2. The molecule has 3 fully saturated rings. The maximum Gasteiger partial charge on any atom is 0.355 e. The molecule has 4 aromatic heterocycles. The highest BCUT2D eigenvalue weighted by molar-refractivity contribution is 7.13. The number of aliphatic hydroxyl groups is 1. The summed E-state index contributed by atoms with van der Waals surface area (Å²) in [7, 11) is 0.